The lowest BCUT2D eigenvalue weighted by molar-refractivity contribution is 0.271. The number of rotatable bonds is 7. The van der Waals surface area contributed by atoms with Crippen LogP contribution in [0.5, 0.6) is 0 Å². The fraction of sp³-hybridized carbons (Fsp3) is 0.333. The summed E-state index contributed by atoms with van der Waals surface area (Å²) in [4.78, 5) is 9.18. The zero-order valence-corrected chi connectivity index (χ0v) is 14.0. The van der Waals surface area contributed by atoms with Crippen molar-refractivity contribution in [1.29, 1.82) is 0 Å². The van der Waals surface area contributed by atoms with E-state index in [-0.39, 0.29) is 12.6 Å². The summed E-state index contributed by atoms with van der Waals surface area (Å²) in [5, 5.41) is 17.0. The van der Waals surface area contributed by atoms with Crippen molar-refractivity contribution >= 4 is 22.8 Å². The molecule has 0 saturated heterocycles. The minimum Gasteiger partial charge on any atom is -0.394 e. The largest absolute Gasteiger partial charge is 0.394 e. The minimum atomic E-state index is -0.0512. The fourth-order valence-electron chi connectivity index (χ4n) is 2.58. The molecular formula is C18H23N5O. The van der Waals surface area contributed by atoms with E-state index < -0.39 is 0 Å². The second kappa shape index (κ2) is 7.31. The van der Waals surface area contributed by atoms with Gasteiger partial charge in [0.2, 0.25) is 5.95 Å². The third kappa shape index (κ3) is 3.49. The molecule has 126 valence electrons. The Labute approximate surface area is 141 Å². The van der Waals surface area contributed by atoms with Gasteiger partial charge in [-0.1, -0.05) is 37.3 Å². The molecule has 0 radical (unpaired) electrons. The van der Waals surface area contributed by atoms with Gasteiger partial charge in [-0.2, -0.15) is 9.97 Å². The van der Waals surface area contributed by atoms with Gasteiger partial charge >= 0.3 is 0 Å². The van der Waals surface area contributed by atoms with Crippen LogP contribution in [0.15, 0.2) is 42.6 Å². The molecule has 2 aromatic heterocycles. The first-order valence-corrected chi connectivity index (χ1v) is 8.19. The van der Waals surface area contributed by atoms with Gasteiger partial charge in [-0.15, -0.1) is 0 Å². The lowest BCUT2D eigenvalue weighted by Crippen LogP contribution is -2.24. The number of aliphatic hydroxyl groups is 1. The number of benzene rings is 1. The predicted octanol–water partition coefficient (Wildman–Crippen LogP) is 2.76. The van der Waals surface area contributed by atoms with Crippen LogP contribution >= 0.6 is 0 Å². The van der Waals surface area contributed by atoms with Gasteiger partial charge in [-0.3, -0.25) is 0 Å². The smallest absolute Gasteiger partial charge is 0.226 e. The summed E-state index contributed by atoms with van der Waals surface area (Å²) in [6.07, 6.45) is 2.78. The maximum atomic E-state index is 9.40. The van der Waals surface area contributed by atoms with Crippen LogP contribution in [-0.4, -0.2) is 32.3 Å². The van der Waals surface area contributed by atoms with Crippen LogP contribution in [0.4, 0.5) is 11.8 Å². The quantitative estimate of drug-likeness (QED) is 0.623. The lowest BCUT2D eigenvalue weighted by Gasteiger charge is -2.15. The number of aromatic nitrogens is 3. The zero-order valence-electron chi connectivity index (χ0n) is 14.0. The van der Waals surface area contributed by atoms with Gasteiger partial charge in [0.1, 0.15) is 11.5 Å². The van der Waals surface area contributed by atoms with Crippen LogP contribution in [0.1, 0.15) is 18.9 Å². The third-order valence-electron chi connectivity index (χ3n) is 4.07. The number of anilines is 2. The van der Waals surface area contributed by atoms with Gasteiger partial charge < -0.3 is 20.3 Å². The molecule has 2 heterocycles. The normalized spacial score (nSPS) is 12.3. The number of aliphatic hydroxyl groups excluding tert-OH is 1. The van der Waals surface area contributed by atoms with E-state index in [0.29, 0.717) is 12.5 Å². The average molecular weight is 325 g/mol. The molecule has 0 fully saturated rings. The highest BCUT2D eigenvalue weighted by Gasteiger charge is 2.13. The van der Waals surface area contributed by atoms with Gasteiger partial charge in [0.05, 0.1) is 18.0 Å². The predicted molar refractivity (Wildman–Crippen MR) is 97.1 cm³/mol. The van der Waals surface area contributed by atoms with Gasteiger partial charge in [-0.05, 0) is 18.1 Å². The second-order valence-corrected chi connectivity index (χ2v) is 5.83. The van der Waals surface area contributed by atoms with E-state index in [1.165, 1.54) is 5.56 Å². The average Bonchev–Trinajstić information content (AvgIpc) is 3.00. The van der Waals surface area contributed by atoms with E-state index in [1.54, 1.807) is 0 Å². The summed E-state index contributed by atoms with van der Waals surface area (Å²) in [5.41, 5.74) is 2.05. The highest BCUT2D eigenvalue weighted by molar-refractivity contribution is 5.88. The lowest BCUT2D eigenvalue weighted by atomic mass is 10.2. The molecule has 3 rings (SSSR count). The Bertz CT molecular complexity index is 796. The Morgan fingerprint density at radius 1 is 1.17 bits per heavy atom. The monoisotopic (exact) mass is 325 g/mol. The van der Waals surface area contributed by atoms with E-state index in [4.69, 9.17) is 0 Å². The molecule has 0 amide bonds. The molecule has 0 aliphatic carbocycles. The van der Waals surface area contributed by atoms with Crippen molar-refractivity contribution in [2.75, 3.05) is 17.2 Å². The Morgan fingerprint density at radius 2 is 1.96 bits per heavy atom. The minimum absolute atomic E-state index is 0.0512. The Morgan fingerprint density at radius 3 is 2.67 bits per heavy atom. The summed E-state index contributed by atoms with van der Waals surface area (Å²) >= 11 is 0. The van der Waals surface area contributed by atoms with Crippen molar-refractivity contribution in [3.05, 3.63) is 48.2 Å². The molecule has 3 N–H and O–H groups in total. The van der Waals surface area contributed by atoms with Gasteiger partial charge in [0.25, 0.3) is 0 Å². The Hall–Kier alpha value is -2.60. The second-order valence-electron chi connectivity index (χ2n) is 5.83. The Kier molecular flexibility index (Phi) is 4.96. The molecular weight excluding hydrogens is 302 g/mol. The molecule has 0 aliphatic heterocycles. The molecule has 1 atom stereocenters. The summed E-state index contributed by atoms with van der Waals surface area (Å²) in [6.45, 7) is 2.76. The van der Waals surface area contributed by atoms with Crippen molar-refractivity contribution in [1.82, 2.24) is 14.5 Å². The number of hydrogen-bond acceptors (Lipinski definition) is 5. The van der Waals surface area contributed by atoms with Crippen LogP contribution < -0.4 is 10.6 Å². The van der Waals surface area contributed by atoms with Gasteiger partial charge in [0, 0.05) is 19.8 Å². The van der Waals surface area contributed by atoms with Crippen LogP contribution in [-0.2, 0) is 13.6 Å². The summed E-state index contributed by atoms with van der Waals surface area (Å²) in [6, 6.07) is 12.2. The first kappa shape index (κ1) is 16.3. The van der Waals surface area contributed by atoms with E-state index in [1.807, 2.05) is 49.0 Å². The van der Waals surface area contributed by atoms with E-state index in [2.05, 4.69) is 32.7 Å². The third-order valence-corrected chi connectivity index (χ3v) is 4.07. The van der Waals surface area contributed by atoms with Crippen molar-refractivity contribution < 1.29 is 5.11 Å². The zero-order chi connectivity index (χ0) is 16.9. The molecule has 1 aromatic carbocycles. The van der Waals surface area contributed by atoms with Gasteiger partial charge in [0.15, 0.2) is 0 Å². The van der Waals surface area contributed by atoms with Crippen molar-refractivity contribution in [3.8, 4) is 0 Å². The molecule has 0 bridgehead atoms. The molecule has 6 heteroatoms. The molecule has 3 aromatic rings. The number of hydrogen-bond donors (Lipinski definition) is 3. The van der Waals surface area contributed by atoms with Crippen molar-refractivity contribution in [2.24, 2.45) is 7.05 Å². The highest BCUT2D eigenvalue weighted by atomic mass is 16.3. The standard InChI is InChI=1S/C18H23N5O/c1-3-14(12-24)20-18-21-16(15-9-10-23(2)17(15)22-18)19-11-13-7-5-4-6-8-13/h4-10,14,24H,3,11-12H2,1-2H3,(H2,19,20,21,22)/t14-/m1/s1. The molecule has 24 heavy (non-hydrogen) atoms. The van der Waals surface area contributed by atoms with Crippen LogP contribution in [0, 0.1) is 0 Å². The number of aryl methyl sites for hydroxylation is 1. The molecule has 0 saturated carbocycles. The first-order valence-electron chi connectivity index (χ1n) is 8.19. The van der Waals surface area contributed by atoms with E-state index in [9.17, 15) is 5.11 Å². The summed E-state index contributed by atoms with van der Waals surface area (Å²) in [7, 11) is 1.96. The number of nitrogens with one attached hydrogen (secondary N) is 2. The van der Waals surface area contributed by atoms with Crippen LogP contribution in [0.25, 0.3) is 11.0 Å². The van der Waals surface area contributed by atoms with Crippen LogP contribution in [0.2, 0.25) is 0 Å². The summed E-state index contributed by atoms with van der Waals surface area (Å²) in [5.74, 6) is 1.32. The maximum absolute atomic E-state index is 9.40. The van der Waals surface area contributed by atoms with E-state index >= 15 is 0 Å². The Balaban J connectivity index is 1.90. The summed E-state index contributed by atoms with van der Waals surface area (Å²) < 4.78 is 1.97. The SMILES string of the molecule is CC[C@H](CO)Nc1nc(NCc2ccccc2)c2ccn(C)c2n1. The van der Waals surface area contributed by atoms with Crippen molar-refractivity contribution in [3.63, 3.8) is 0 Å². The highest BCUT2D eigenvalue weighted by Crippen LogP contribution is 2.23. The van der Waals surface area contributed by atoms with Gasteiger partial charge in [-0.25, -0.2) is 0 Å². The topological polar surface area (TPSA) is 75.0 Å². The van der Waals surface area contributed by atoms with Crippen LogP contribution in [0.3, 0.4) is 0 Å². The molecule has 0 aliphatic rings. The fourth-order valence-corrected chi connectivity index (χ4v) is 2.58. The molecule has 0 spiro atoms. The number of fused-ring (bicyclic) bond motifs is 1. The first-order chi connectivity index (χ1) is 11.7. The molecule has 6 nitrogen and oxygen atoms in total. The number of nitrogens with zero attached hydrogens (tertiary/aromatic N) is 3. The van der Waals surface area contributed by atoms with Crippen molar-refractivity contribution in [2.45, 2.75) is 25.9 Å². The van der Waals surface area contributed by atoms with E-state index in [0.717, 1.165) is 23.3 Å². The molecule has 0 unspecified atom stereocenters. The maximum Gasteiger partial charge on any atom is 0.226 e.